The summed E-state index contributed by atoms with van der Waals surface area (Å²) in [5.41, 5.74) is 6.35. The Balaban J connectivity index is 2.91. The van der Waals surface area contributed by atoms with Crippen LogP contribution in [0.3, 0.4) is 0 Å². The van der Waals surface area contributed by atoms with Crippen LogP contribution >= 0.6 is 11.6 Å². The zero-order chi connectivity index (χ0) is 13.3. The fourth-order valence-electron chi connectivity index (χ4n) is 1.74. The summed E-state index contributed by atoms with van der Waals surface area (Å²) in [5, 5.41) is 0.884. The summed E-state index contributed by atoms with van der Waals surface area (Å²) < 4.78 is 9.93. The Kier molecular flexibility index (Phi) is 3.25. The van der Waals surface area contributed by atoms with E-state index in [0.717, 1.165) is 0 Å². The third kappa shape index (κ3) is 1.93. The number of nitrogen functional groups attached to an aromatic ring is 1. The van der Waals surface area contributed by atoms with Gasteiger partial charge in [-0.25, -0.2) is 9.78 Å². The van der Waals surface area contributed by atoms with Gasteiger partial charge in [-0.1, -0.05) is 11.6 Å². The first-order chi connectivity index (χ1) is 8.58. The topological polar surface area (TPSA) is 74.4 Å². The third-order valence-corrected chi connectivity index (χ3v) is 2.82. The summed E-state index contributed by atoms with van der Waals surface area (Å²) in [6.45, 7) is 0. The average molecular weight is 267 g/mol. The Morgan fingerprint density at radius 3 is 2.72 bits per heavy atom. The zero-order valence-corrected chi connectivity index (χ0v) is 10.6. The first-order valence-electron chi connectivity index (χ1n) is 5.09. The maximum absolute atomic E-state index is 11.8. The van der Waals surface area contributed by atoms with Crippen molar-refractivity contribution in [2.75, 3.05) is 20.0 Å². The average Bonchev–Trinajstić information content (AvgIpc) is 2.38. The van der Waals surface area contributed by atoms with Crippen LogP contribution in [-0.4, -0.2) is 25.2 Å². The molecule has 5 nitrogen and oxygen atoms in total. The predicted molar refractivity (Wildman–Crippen MR) is 69.1 cm³/mol. The lowest BCUT2D eigenvalue weighted by Gasteiger charge is -2.11. The second-order valence-electron chi connectivity index (χ2n) is 3.56. The number of methoxy groups -OCH3 is 2. The minimum atomic E-state index is -0.519. The summed E-state index contributed by atoms with van der Waals surface area (Å²) in [7, 11) is 2.79. The lowest BCUT2D eigenvalue weighted by molar-refractivity contribution is 0.0602. The lowest BCUT2D eigenvalue weighted by atomic mass is 10.1. The molecule has 0 saturated carbocycles. The number of carbonyl (C=O) groups excluding carboxylic acids is 1. The number of nitrogens with two attached hydrogens (primary N) is 1. The van der Waals surface area contributed by atoms with Gasteiger partial charge in [-0.2, -0.15) is 0 Å². The summed E-state index contributed by atoms with van der Waals surface area (Å²) >= 11 is 6.05. The van der Waals surface area contributed by atoms with E-state index in [4.69, 9.17) is 26.8 Å². The molecule has 6 heteroatoms. The van der Waals surface area contributed by atoms with E-state index in [0.29, 0.717) is 21.7 Å². The molecule has 18 heavy (non-hydrogen) atoms. The van der Waals surface area contributed by atoms with Crippen LogP contribution in [0.1, 0.15) is 10.4 Å². The lowest BCUT2D eigenvalue weighted by Crippen LogP contribution is -2.06. The number of carbonyl (C=O) groups is 1. The fourth-order valence-corrected chi connectivity index (χ4v) is 1.94. The maximum Gasteiger partial charge on any atom is 0.338 e. The number of rotatable bonds is 2. The number of nitrogens with zero attached hydrogens (tertiary/aromatic N) is 1. The molecule has 0 unspecified atom stereocenters. The van der Waals surface area contributed by atoms with E-state index in [1.165, 1.54) is 20.3 Å². The molecule has 0 saturated heterocycles. The smallest absolute Gasteiger partial charge is 0.338 e. The predicted octanol–water partition coefficient (Wildman–Crippen LogP) is 2.27. The molecule has 0 radical (unpaired) electrons. The third-order valence-electron chi connectivity index (χ3n) is 2.52. The highest BCUT2D eigenvalue weighted by Gasteiger charge is 2.18. The molecule has 0 atom stereocenters. The van der Waals surface area contributed by atoms with Gasteiger partial charge in [-0.3, -0.25) is 0 Å². The van der Waals surface area contributed by atoms with Crippen LogP contribution in [-0.2, 0) is 4.74 Å². The van der Waals surface area contributed by atoms with Crippen molar-refractivity contribution in [3.8, 4) is 5.75 Å². The van der Waals surface area contributed by atoms with Crippen LogP contribution in [0, 0.1) is 0 Å². The van der Waals surface area contributed by atoms with Crippen molar-refractivity contribution in [3.63, 3.8) is 0 Å². The van der Waals surface area contributed by atoms with Crippen LogP contribution < -0.4 is 10.5 Å². The van der Waals surface area contributed by atoms with Crippen LogP contribution in [0.25, 0.3) is 10.9 Å². The van der Waals surface area contributed by atoms with Gasteiger partial charge < -0.3 is 15.2 Å². The quantitative estimate of drug-likeness (QED) is 0.844. The van der Waals surface area contributed by atoms with Crippen molar-refractivity contribution < 1.29 is 14.3 Å². The fraction of sp³-hybridized carbons (Fsp3) is 0.167. The Hall–Kier alpha value is -2.01. The van der Waals surface area contributed by atoms with Gasteiger partial charge in [0.2, 0.25) is 0 Å². The van der Waals surface area contributed by atoms with Crippen molar-refractivity contribution in [1.29, 1.82) is 0 Å². The molecule has 2 rings (SSSR count). The number of halogens is 1. The molecule has 1 aromatic carbocycles. The Morgan fingerprint density at radius 1 is 1.39 bits per heavy atom. The number of hydrogen-bond acceptors (Lipinski definition) is 5. The number of anilines is 1. The highest BCUT2D eigenvalue weighted by atomic mass is 35.5. The monoisotopic (exact) mass is 266 g/mol. The highest BCUT2D eigenvalue weighted by Crippen LogP contribution is 2.34. The van der Waals surface area contributed by atoms with E-state index in [9.17, 15) is 4.79 Å². The molecule has 2 N–H and O–H groups in total. The van der Waals surface area contributed by atoms with Crippen LogP contribution in [0.2, 0.25) is 5.02 Å². The first-order valence-corrected chi connectivity index (χ1v) is 5.47. The summed E-state index contributed by atoms with van der Waals surface area (Å²) in [5.74, 6) is 0.162. The van der Waals surface area contributed by atoms with E-state index < -0.39 is 5.97 Å². The van der Waals surface area contributed by atoms with Crippen molar-refractivity contribution in [2.45, 2.75) is 0 Å². The van der Waals surface area contributed by atoms with Crippen LogP contribution in [0.15, 0.2) is 18.2 Å². The van der Waals surface area contributed by atoms with Crippen molar-refractivity contribution >= 4 is 34.3 Å². The largest absolute Gasteiger partial charge is 0.496 e. The van der Waals surface area contributed by atoms with Crippen molar-refractivity contribution in [1.82, 2.24) is 4.98 Å². The molecule has 0 amide bonds. The van der Waals surface area contributed by atoms with Gasteiger partial charge in [0.25, 0.3) is 0 Å². The van der Waals surface area contributed by atoms with Gasteiger partial charge in [-0.15, -0.1) is 0 Å². The Bertz CT molecular complexity index is 628. The summed E-state index contributed by atoms with van der Waals surface area (Å²) in [6, 6.07) is 4.73. The normalized spacial score (nSPS) is 10.4. The number of hydrogen-bond donors (Lipinski definition) is 1. The minimum absolute atomic E-state index is 0.193. The number of pyridine rings is 1. The molecule has 1 aromatic heterocycles. The number of ether oxygens (including phenoxy) is 2. The van der Waals surface area contributed by atoms with E-state index in [1.807, 2.05) is 0 Å². The van der Waals surface area contributed by atoms with Gasteiger partial charge in [0, 0.05) is 0 Å². The molecule has 1 heterocycles. The molecule has 0 spiro atoms. The molecular formula is C12H11ClN2O3. The number of fused-ring (bicyclic) bond motifs is 1. The molecule has 0 bridgehead atoms. The van der Waals surface area contributed by atoms with Crippen molar-refractivity contribution in [2.24, 2.45) is 0 Å². The van der Waals surface area contributed by atoms with Gasteiger partial charge >= 0.3 is 5.97 Å². The summed E-state index contributed by atoms with van der Waals surface area (Å²) in [6.07, 6.45) is 0. The van der Waals surface area contributed by atoms with Gasteiger partial charge in [-0.05, 0) is 18.2 Å². The molecule has 94 valence electrons. The number of aromatic nitrogens is 1. The molecule has 0 aliphatic rings. The summed E-state index contributed by atoms with van der Waals surface area (Å²) in [4.78, 5) is 15.9. The minimum Gasteiger partial charge on any atom is -0.496 e. The number of benzene rings is 1. The molecule has 0 fully saturated rings. The number of esters is 1. The van der Waals surface area contributed by atoms with Gasteiger partial charge in [0.15, 0.2) is 0 Å². The van der Waals surface area contributed by atoms with E-state index in [1.54, 1.807) is 12.1 Å². The van der Waals surface area contributed by atoms with Crippen molar-refractivity contribution in [3.05, 3.63) is 28.8 Å². The second kappa shape index (κ2) is 4.70. The van der Waals surface area contributed by atoms with Crippen LogP contribution in [0.5, 0.6) is 5.75 Å². The second-order valence-corrected chi connectivity index (χ2v) is 3.97. The molecule has 2 aromatic rings. The first kappa shape index (κ1) is 12.4. The molecule has 0 aliphatic carbocycles. The zero-order valence-electron chi connectivity index (χ0n) is 9.86. The maximum atomic E-state index is 11.8. The van der Waals surface area contributed by atoms with E-state index in [-0.39, 0.29) is 11.4 Å². The SMILES string of the molecule is COC(=O)c1cc(N)nc2c(Cl)ccc(OC)c12. The highest BCUT2D eigenvalue weighted by molar-refractivity contribution is 6.35. The van der Waals surface area contributed by atoms with E-state index >= 15 is 0 Å². The van der Waals surface area contributed by atoms with E-state index in [2.05, 4.69) is 4.98 Å². The Morgan fingerprint density at radius 2 is 2.11 bits per heavy atom. The molecular weight excluding hydrogens is 256 g/mol. The van der Waals surface area contributed by atoms with Gasteiger partial charge in [0.05, 0.1) is 35.7 Å². The van der Waals surface area contributed by atoms with Gasteiger partial charge in [0.1, 0.15) is 11.6 Å². The molecule has 0 aliphatic heterocycles. The Labute approximate surface area is 108 Å². The van der Waals surface area contributed by atoms with Crippen LogP contribution in [0.4, 0.5) is 5.82 Å². The standard InChI is InChI=1S/C12H11ClN2O3/c1-17-8-4-3-7(13)11-10(8)6(12(16)18-2)5-9(14)15-11/h3-5H,1-2H3,(H2,14,15).